The lowest BCUT2D eigenvalue weighted by Gasteiger charge is -2.22. The van der Waals surface area contributed by atoms with Crippen molar-refractivity contribution in [3.63, 3.8) is 0 Å². The van der Waals surface area contributed by atoms with E-state index in [0.29, 0.717) is 6.04 Å². The van der Waals surface area contributed by atoms with E-state index in [4.69, 9.17) is 5.73 Å². The van der Waals surface area contributed by atoms with Gasteiger partial charge in [-0.15, -0.1) is 0 Å². The maximum Gasteiger partial charge on any atom is 0.0233 e. The van der Waals surface area contributed by atoms with Gasteiger partial charge in [-0.1, -0.05) is 30.7 Å². The lowest BCUT2D eigenvalue weighted by Crippen LogP contribution is -2.28. The van der Waals surface area contributed by atoms with Crippen molar-refractivity contribution in [3.05, 3.63) is 35.4 Å². The molecular weight excluding hydrogens is 220 g/mol. The van der Waals surface area contributed by atoms with E-state index in [1.54, 1.807) is 0 Å². The van der Waals surface area contributed by atoms with E-state index < -0.39 is 0 Å². The van der Waals surface area contributed by atoms with Crippen LogP contribution in [0.3, 0.4) is 0 Å². The molecule has 0 spiro atoms. The summed E-state index contributed by atoms with van der Waals surface area (Å²) in [6.45, 7) is 4.40. The second-order valence-corrected chi connectivity index (χ2v) is 5.81. The van der Waals surface area contributed by atoms with Gasteiger partial charge >= 0.3 is 0 Å². The first-order valence-electron chi connectivity index (χ1n) is 7.15. The first-order chi connectivity index (χ1) is 8.66. The zero-order chi connectivity index (χ0) is 13.0. The van der Waals surface area contributed by atoms with E-state index in [-0.39, 0.29) is 0 Å². The van der Waals surface area contributed by atoms with Gasteiger partial charge in [-0.3, -0.25) is 0 Å². The van der Waals surface area contributed by atoms with Crippen molar-refractivity contribution < 1.29 is 0 Å². The van der Waals surface area contributed by atoms with Crippen LogP contribution in [0.2, 0.25) is 0 Å². The van der Waals surface area contributed by atoms with Crippen LogP contribution in [0.25, 0.3) is 0 Å². The Morgan fingerprint density at radius 2 is 2.06 bits per heavy atom. The molecule has 1 aliphatic rings. The van der Waals surface area contributed by atoms with E-state index in [1.165, 1.54) is 36.8 Å². The van der Waals surface area contributed by atoms with E-state index in [9.17, 15) is 0 Å². The maximum absolute atomic E-state index is 6.12. The highest BCUT2D eigenvalue weighted by Gasteiger charge is 2.23. The molecule has 0 heterocycles. The fraction of sp³-hybridized carbons (Fsp3) is 0.625. The van der Waals surface area contributed by atoms with Crippen LogP contribution in [0.4, 0.5) is 0 Å². The SMILES string of the molecule is Cc1ccccc1CN(C)CCC1CCCC1N. The minimum atomic E-state index is 0.455. The number of nitrogens with two attached hydrogens (primary N) is 1. The smallest absolute Gasteiger partial charge is 0.0233 e. The molecule has 1 aromatic carbocycles. The van der Waals surface area contributed by atoms with Crippen LogP contribution in [-0.4, -0.2) is 24.5 Å². The monoisotopic (exact) mass is 246 g/mol. The molecule has 0 bridgehead atoms. The molecule has 1 aromatic rings. The van der Waals surface area contributed by atoms with Crippen LogP contribution in [0.1, 0.15) is 36.8 Å². The third-order valence-corrected chi connectivity index (χ3v) is 4.30. The average molecular weight is 246 g/mol. The maximum atomic E-state index is 6.12. The van der Waals surface area contributed by atoms with Gasteiger partial charge in [-0.05, 0) is 56.8 Å². The molecule has 1 saturated carbocycles. The zero-order valence-corrected chi connectivity index (χ0v) is 11.7. The Morgan fingerprint density at radius 1 is 1.28 bits per heavy atom. The van der Waals surface area contributed by atoms with Crippen LogP contribution in [0.5, 0.6) is 0 Å². The number of rotatable bonds is 5. The molecule has 1 fully saturated rings. The molecular formula is C16H26N2. The molecule has 2 nitrogen and oxygen atoms in total. The van der Waals surface area contributed by atoms with E-state index >= 15 is 0 Å². The third-order valence-electron chi connectivity index (χ3n) is 4.30. The van der Waals surface area contributed by atoms with Crippen LogP contribution in [0.15, 0.2) is 24.3 Å². The van der Waals surface area contributed by atoms with Gasteiger partial charge in [0.2, 0.25) is 0 Å². The predicted octanol–water partition coefficient (Wildman–Crippen LogP) is 2.94. The normalized spacial score (nSPS) is 23.8. The number of nitrogens with zero attached hydrogens (tertiary/aromatic N) is 1. The molecule has 2 unspecified atom stereocenters. The van der Waals surface area contributed by atoms with Crippen molar-refractivity contribution in [3.8, 4) is 0 Å². The summed E-state index contributed by atoms with van der Waals surface area (Å²) in [4.78, 5) is 2.42. The van der Waals surface area contributed by atoms with Crippen LogP contribution in [-0.2, 0) is 6.54 Å². The highest BCUT2D eigenvalue weighted by molar-refractivity contribution is 5.25. The summed E-state index contributed by atoms with van der Waals surface area (Å²) < 4.78 is 0. The van der Waals surface area contributed by atoms with E-state index in [2.05, 4.69) is 43.1 Å². The molecule has 18 heavy (non-hydrogen) atoms. The minimum absolute atomic E-state index is 0.455. The van der Waals surface area contributed by atoms with Gasteiger partial charge in [0, 0.05) is 12.6 Å². The van der Waals surface area contributed by atoms with Crippen LogP contribution >= 0.6 is 0 Å². The van der Waals surface area contributed by atoms with Crippen molar-refractivity contribution in [1.29, 1.82) is 0 Å². The Balaban J connectivity index is 1.78. The first-order valence-corrected chi connectivity index (χ1v) is 7.15. The van der Waals surface area contributed by atoms with Gasteiger partial charge in [0.25, 0.3) is 0 Å². The van der Waals surface area contributed by atoms with Crippen molar-refractivity contribution in [2.24, 2.45) is 11.7 Å². The number of hydrogen-bond donors (Lipinski definition) is 1. The summed E-state index contributed by atoms with van der Waals surface area (Å²) >= 11 is 0. The van der Waals surface area contributed by atoms with Gasteiger partial charge in [0.15, 0.2) is 0 Å². The Morgan fingerprint density at radius 3 is 2.72 bits per heavy atom. The second-order valence-electron chi connectivity index (χ2n) is 5.81. The minimum Gasteiger partial charge on any atom is -0.327 e. The fourth-order valence-corrected chi connectivity index (χ4v) is 2.97. The second kappa shape index (κ2) is 6.35. The Labute approximate surface area is 111 Å². The molecule has 0 aromatic heterocycles. The Bertz CT molecular complexity index is 375. The summed E-state index contributed by atoms with van der Waals surface area (Å²) in [6.07, 6.45) is 5.14. The lowest BCUT2D eigenvalue weighted by atomic mass is 10.00. The topological polar surface area (TPSA) is 29.3 Å². The molecule has 2 N–H and O–H groups in total. The van der Waals surface area contributed by atoms with Crippen molar-refractivity contribution in [1.82, 2.24) is 4.90 Å². The van der Waals surface area contributed by atoms with Gasteiger partial charge in [0.05, 0.1) is 0 Å². The number of hydrogen-bond acceptors (Lipinski definition) is 2. The predicted molar refractivity (Wildman–Crippen MR) is 77.4 cm³/mol. The highest BCUT2D eigenvalue weighted by Crippen LogP contribution is 2.27. The Kier molecular flexibility index (Phi) is 4.79. The molecule has 100 valence electrons. The summed E-state index contributed by atoms with van der Waals surface area (Å²) in [5.74, 6) is 0.754. The molecule has 0 saturated heterocycles. The molecule has 0 amide bonds. The largest absolute Gasteiger partial charge is 0.327 e. The van der Waals surface area contributed by atoms with Gasteiger partial charge < -0.3 is 10.6 Å². The van der Waals surface area contributed by atoms with E-state index in [0.717, 1.165) is 19.0 Å². The van der Waals surface area contributed by atoms with Crippen LogP contribution < -0.4 is 5.73 Å². The number of aryl methyl sites for hydroxylation is 1. The quantitative estimate of drug-likeness (QED) is 0.865. The molecule has 2 heteroatoms. The molecule has 1 aliphatic carbocycles. The average Bonchev–Trinajstić information content (AvgIpc) is 2.75. The molecule has 0 aliphatic heterocycles. The lowest BCUT2D eigenvalue weighted by molar-refractivity contribution is 0.285. The van der Waals surface area contributed by atoms with Gasteiger partial charge in [-0.25, -0.2) is 0 Å². The van der Waals surface area contributed by atoms with Crippen molar-refractivity contribution >= 4 is 0 Å². The summed E-state index contributed by atoms with van der Waals surface area (Å²) in [7, 11) is 2.22. The third kappa shape index (κ3) is 3.56. The van der Waals surface area contributed by atoms with Crippen LogP contribution in [0, 0.1) is 12.8 Å². The molecule has 0 radical (unpaired) electrons. The number of benzene rings is 1. The molecule has 2 atom stereocenters. The van der Waals surface area contributed by atoms with E-state index in [1.807, 2.05) is 0 Å². The van der Waals surface area contributed by atoms with Gasteiger partial charge in [0.1, 0.15) is 0 Å². The van der Waals surface area contributed by atoms with Gasteiger partial charge in [-0.2, -0.15) is 0 Å². The molecule has 2 rings (SSSR count). The summed E-state index contributed by atoms with van der Waals surface area (Å²) in [5, 5.41) is 0. The van der Waals surface area contributed by atoms with Crippen molar-refractivity contribution in [2.45, 2.75) is 45.2 Å². The highest BCUT2D eigenvalue weighted by atomic mass is 15.1. The summed E-state index contributed by atoms with van der Waals surface area (Å²) in [5.41, 5.74) is 8.95. The Hall–Kier alpha value is -0.860. The summed E-state index contributed by atoms with van der Waals surface area (Å²) in [6, 6.07) is 9.11. The first kappa shape index (κ1) is 13.6. The fourth-order valence-electron chi connectivity index (χ4n) is 2.97. The van der Waals surface area contributed by atoms with Crippen molar-refractivity contribution in [2.75, 3.05) is 13.6 Å². The standard InChI is InChI=1S/C16H26N2/c1-13-6-3-4-7-15(13)12-18(2)11-10-14-8-5-9-16(14)17/h3-4,6-7,14,16H,5,8-12,17H2,1-2H3. The zero-order valence-electron chi connectivity index (χ0n) is 11.7.